The maximum absolute atomic E-state index is 13.3. The molecule has 1 spiro atoms. The smallest absolute Gasteiger partial charge is 0.270 e. The van der Waals surface area contributed by atoms with Crippen LogP contribution in [0.4, 0.5) is 5.69 Å². The number of amides is 3. The fourth-order valence-corrected chi connectivity index (χ4v) is 4.53. The third-order valence-electron chi connectivity index (χ3n) is 3.91. The van der Waals surface area contributed by atoms with E-state index in [1.165, 1.54) is 13.8 Å². The van der Waals surface area contributed by atoms with E-state index in [1.54, 1.807) is 23.1 Å². The fourth-order valence-electron chi connectivity index (χ4n) is 3.03. The first-order valence-corrected chi connectivity index (χ1v) is 8.98. The van der Waals surface area contributed by atoms with E-state index in [1.807, 2.05) is 6.92 Å². The summed E-state index contributed by atoms with van der Waals surface area (Å²) in [5, 5.41) is 8.55. The average Bonchev–Trinajstić information content (AvgIpc) is 3.00. The number of nitrogens with one attached hydrogen (secondary N) is 1. The maximum Gasteiger partial charge on any atom is 0.270 e. The van der Waals surface area contributed by atoms with Crippen molar-refractivity contribution in [3.8, 4) is 0 Å². The molecule has 1 N–H and O–H groups in total. The van der Waals surface area contributed by atoms with Crippen molar-refractivity contribution in [1.82, 2.24) is 10.3 Å². The summed E-state index contributed by atoms with van der Waals surface area (Å²) in [6.45, 7) is 5.16. The number of carbonyl (C=O) groups is 3. The van der Waals surface area contributed by atoms with Crippen LogP contribution in [0.15, 0.2) is 23.3 Å². The van der Waals surface area contributed by atoms with Crippen molar-refractivity contribution >= 4 is 51.9 Å². The first-order chi connectivity index (χ1) is 11.8. The highest BCUT2D eigenvalue weighted by molar-refractivity contribution is 8.15. The lowest BCUT2D eigenvalue weighted by Crippen LogP contribution is -2.48. The van der Waals surface area contributed by atoms with Gasteiger partial charge in [0.2, 0.25) is 16.7 Å². The number of hydrogen-bond acceptors (Lipinski definition) is 5. The minimum atomic E-state index is -1.38. The molecule has 2 heterocycles. The highest BCUT2D eigenvalue weighted by Crippen LogP contribution is 2.54. The summed E-state index contributed by atoms with van der Waals surface area (Å²) < 4.78 is 0. The van der Waals surface area contributed by atoms with Crippen molar-refractivity contribution in [1.29, 1.82) is 0 Å². The number of hydrogen-bond donors (Lipinski definition) is 1. The van der Waals surface area contributed by atoms with Crippen LogP contribution in [0.5, 0.6) is 0 Å². The second kappa shape index (κ2) is 6.34. The van der Waals surface area contributed by atoms with Gasteiger partial charge in [-0.15, -0.1) is 5.10 Å². The van der Waals surface area contributed by atoms with E-state index in [9.17, 15) is 14.4 Å². The van der Waals surface area contributed by atoms with Crippen LogP contribution in [0.25, 0.3) is 0 Å². The van der Waals surface area contributed by atoms with Crippen LogP contribution in [-0.4, -0.2) is 34.4 Å². The van der Waals surface area contributed by atoms with E-state index < -0.39 is 10.8 Å². The second-order valence-corrected chi connectivity index (χ2v) is 7.40. The molecule has 3 rings (SSSR count). The number of rotatable bonds is 2. The summed E-state index contributed by atoms with van der Waals surface area (Å²) in [4.78, 5) is 37.2. The van der Waals surface area contributed by atoms with Gasteiger partial charge in [0.25, 0.3) is 5.91 Å². The van der Waals surface area contributed by atoms with E-state index in [2.05, 4.69) is 10.4 Å². The van der Waals surface area contributed by atoms with E-state index in [0.29, 0.717) is 22.8 Å². The van der Waals surface area contributed by atoms with Gasteiger partial charge in [0, 0.05) is 31.0 Å². The van der Waals surface area contributed by atoms with Gasteiger partial charge in [-0.2, -0.15) is 5.01 Å². The standard InChI is InChI=1S/C16H17ClN4O3S/c1-4-7-20-13-6-5-11(17)8-12(13)16(14(20)24)21(10(3)23)19-15(25-16)18-9(2)22/h5-6,8H,4,7H2,1-3H3,(H,18,19,22). The Hall–Kier alpha value is -2.06. The maximum atomic E-state index is 13.3. The number of anilines is 1. The molecule has 2 aliphatic rings. The van der Waals surface area contributed by atoms with Gasteiger partial charge in [0.15, 0.2) is 5.17 Å². The first-order valence-electron chi connectivity index (χ1n) is 7.79. The summed E-state index contributed by atoms with van der Waals surface area (Å²) >= 11 is 7.20. The molecule has 0 saturated heterocycles. The predicted molar refractivity (Wildman–Crippen MR) is 97.1 cm³/mol. The van der Waals surface area contributed by atoms with E-state index in [4.69, 9.17) is 11.6 Å². The Morgan fingerprint density at radius 1 is 1.36 bits per heavy atom. The Balaban J connectivity index is 2.17. The lowest BCUT2D eigenvalue weighted by molar-refractivity contribution is -0.139. The number of halogens is 1. The van der Waals surface area contributed by atoms with Crippen molar-refractivity contribution in [2.45, 2.75) is 32.1 Å². The third-order valence-corrected chi connectivity index (χ3v) is 5.39. The molecule has 0 radical (unpaired) electrons. The predicted octanol–water partition coefficient (Wildman–Crippen LogP) is 2.25. The fraction of sp³-hybridized carbons (Fsp3) is 0.375. The van der Waals surface area contributed by atoms with Crippen molar-refractivity contribution in [2.75, 3.05) is 11.4 Å². The lowest BCUT2D eigenvalue weighted by atomic mass is 10.1. The van der Waals surface area contributed by atoms with Gasteiger partial charge in [-0.05, 0) is 36.4 Å². The topological polar surface area (TPSA) is 82.1 Å². The van der Waals surface area contributed by atoms with Gasteiger partial charge in [-0.1, -0.05) is 18.5 Å². The monoisotopic (exact) mass is 380 g/mol. The summed E-state index contributed by atoms with van der Waals surface area (Å²) in [5.41, 5.74) is 1.30. The zero-order valence-corrected chi connectivity index (χ0v) is 15.6. The Labute approximate surface area is 154 Å². The number of hydrazone groups is 1. The molecule has 7 nitrogen and oxygen atoms in total. The molecule has 0 aromatic heterocycles. The Morgan fingerprint density at radius 3 is 2.68 bits per heavy atom. The van der Waals surface area contributed by atoms with Crippen molar-refractivity contribution in [3.63, 3.8) is 0 Å². The molecule has 0 fully saturated rings. The zero-order chi connectivity index (χ0) is 18.4. The first kappa shape index (κ1) is 17.8. The highest BCUT2D eigenvalue weighted by atomic mass is 35.5. The van der Waals surface area contributed by atoms with Crippen molar-refractivity contribution in [2.24, 2.45) is 5.10 Å². The number of thioether (sulfide) groups is 1. The molecule has 132 valence electrons. The molecule has 0 bridgehead atoms. The number of nitrogens with zero attached hydrogens (tertiary/aromatic N) is 3. The van der Waals surface area contributed by atoms with E-state index in [0.717, 1.165) is 23.2 Å². The largest absolute Gasteiger partial charge is 0.309 e. The van der Waals surface area contributed by atoms with E-state index >= 15 is 0 Å². The molecule has 0 saturated carbocycles. The molecular formula is C16H17ClN4O3S. The van der Waals surface area contributed by atoms with Crippen LogP contribution in [0.3, 0.4) is 0 Å². The summed E-state index contributed by atoms with van der Waals surface area (Å²) in [6.07, 6.45) is 0.758. The number of amidine groups is 1. The zero-order valence-electron chi connectivity index (χ0n) is 14.0. The Morgan fingerprint density at radius 2 is 2.08 bits per heavy atom. The molecule has 1 atom stereocenters. The van der Waals surface area contributed by atoms with Crippen molar-refractivity contribution in [3.05, 3.63) is 28.8 Å². The van der Waals surface area contributed by atoms with Crippen LogP contribution in [0, 0.1) is 0 Å². The minimum absolute atomic E-state index is 0.209. The normalized spacial score (nSPS) is 21.6. The van der Waals surface area contributed by atoms with Gasteiger partial charge >= 0.3 is 0 Å². The number of fused-ring (bicyclic) bond motifs is 2. The van der Waals surface area contributed by atoms with Gasteiger partial charge in [0.05, 0.1) is 5.69 Å². The van der Waals surface area contributed by atoms with E-state index in [-0.39, 0.29) is 17.0 Å². The summed E-state index contributed by atoms with van der Waals surface area (Å²) in [5.74, 6) is -0.990. The summed E-state index contributed by atoms with van der Waals surface area (Å²) in [7, 11) is 0. The summed E-state index contributed by atoms with van der Waals surface area (Å²) in [6, 6.07) is 5.16. The molecule has 2 aliphatic heterocycles. The van der Waals surface area contributed by atoms with Gasteiger partial charge in [0.1, 0.15) is 0 Å². The SMILES string of the molecule is CCCN1C(=O)C2(SC(NC(C)=O)=NN2C(C)=O)c2cc(Cl)ccc21. The van der Waals surface area contributed by atoms with Gasteiger partial charge in [-0.25, -0.2) is 0 Å². The second-order valence-electron chi connectivity index (χ2n) is 5.78. The third kappa shape index (κ3) is 2.69. The highest BCUT2D eigenvalue weighted by Gasteiger charge is 2.61. The molecule has 0 aliphatic carbocycles. The average molecular weight is 381 g/mol. The van der Waals surface area contributed by atoms with Crippen LogP contribution < -0.4 is 10.2 Å². The van der Waals surface area contributed by atoms with Crippen LogP contribution in [-0.2, 0) is 19.3 Å². The molecular weight excluding hydrogens is 364 g/mol. The van der Waals surface area contributed by atoms with Gasteiger partial charge in [-0.3, -0.25) is 14.4 Å². The van der Waals surface area contributed by atoms with Crippen LogP contribution >= 0.6 is 23.4 Å². The molecule has 9 heteroatoms. The van der Waals surface area contributed by atoms with Crippen LogP contribution in [0.2, 0.25) is 5.02 Å². The molecule has 1 unspecified atom stereocenters. The Bertz CT molecular complexity index is 813. The van der Waals surface area contributed by atoms with Crippen molar-refractivity contribution < 1.29 is 14.4 Å². The molecule has 25 heavy (non-hydrogen) atoms. The Kier molecular flexibility index (Phi) is 4.51. The molecule has 1 aromatic carbocycles. The number of carbonyl (C=O) groups excluding carboxylic acids is 3. The van der Waals surface area contributed by atoms with Gasteiger partial charge < -0.3 is 10.2 Å². The lowest BCUT2D eigenvalue weighted by Gasteiger charge is -2.29. The minimum Gasteiger partial charge on any atom is -0.309 e. The van der Waals surface area contributed by atoms with Crippen LogP contribution in [0.1, 0.15) is 32.8 Å². The number of benzene rings is 1. The molecule has 1 aromatic rings. The quantitative estimate of drug-likeness (QED) is 0.853. The molecule has 3 amide bonds.